The molecule has 1 heterocycles. The Labute approximate surface area is 77.8 Å². The fraction of sp³-hybridized carbons (Fsp3) is 0.444. The fourth-order valence-electron chi connectivity index (χ4n) is 1.09. The van der Waals surface area contributed by atoms with Crippen LogP contribution in [-0.2, 0) is 5.41 Å². The summed E-state index contributed by atoms with van der Waals surface area (Å²) < 4.78 is 0. The molecule has 2 N–H and O–H groups in total. The Morgan fingerprint density at radius 1 is 1.42 bits per heavy atom. The highest BCUT2D eigenvalue weighted by Gasteiger charge is 2.17. The highest BCUT2D eigenvalue weighted by atomic mass is 35.5. The summed E-state index contributed by atoms with van der Waals surface area (Å²) in [6, 6.07) is 1.82. The maximum atomic E-state index is 5.76. The topological polar surface area (TPSA) is 38.9 Å². The van der Waals surface area contributed by atoms with Crippen molar-refractivity contribution in [1.82, 2.24) is 4.98 Å². The minimum absolute atomic E-state index is 0.0245. The van der Waals surface area contributed by atoms with E-state index in [0.717, 1.165) is 5.56 Å². The Bertz CT molecular complexity index is 289. The molecule has 0 unspecified atom stereocenters. The number of hydrogen-bond donors (Lipinski definition) is 1. The van der Waals surface area contributed by atoms with Gasteiger partial charge in [0.25, 0.3) is 0 Å². The third-order valence-corrected chi connectivity index (χ3v) is 1.92. The Morgan fingerprint density at radius 2 is 2.00 bits per heavy atom. The first-order chi connectivity index (χ1) is 5.41. The molecule has 1 aromatic heterocycles. The summed E-state index contributed by atoms with van der Waals surface area (Å²) in [5.74, 6) is 0. The molecule has 0 aliphatic heterocycles. The average molecular weight is 185 g/mol. The van der Waals surface area contributed by atoms with Crippen molar-refractivity contribution in [3.05, 3.63) is 23.0 Å². The molecule has 3 heteroatoms. The molecule has 66 valence electrons. The summed E-state index contributed by atoms with van der Waals surface area (Å²) in [6.07, 6.45) is 1.60. The molecule has 0 saturated heterocycles. The number of nitrogens with two attached hydrogens (primary N) is 1. The van der Waals surface area contributed by atoms with Crippen molar-refractivity contribution in [2.45, 2.75) is 26.2 Å². The van der Waals surface area contributed by atoms with E-state index >= 15 is 0 Å². The zero-order chi connectivity index (χ0) is 9.35. The number of rotatable bonds is 0. The molecule has 0 aliphatic rings. The molecule has 0 aliphatic carbocycles. The summed E-state index contributed by atoms with van der Waals surface area (Å²) in [5.41, 5.74) is 7.52. The first-order valence-electron chi connectivity index (χ1n) is 3.83. The van der Waals surface area contributed by atoms with E-state index in [4.69, 9.17) is 17.3 Å². The van der Waals surface area contributed by atoms with Crippen molar-refractivity contribution in [3.8, 4) is 0 Å². The maximum absolute atomic E-state index is 5.76. The lowest BCUT2D eigenvalue weighted by Gasteiger charge is -2.20. The van der Waals surface area contributed by atoms with Crippen LogP contribution in [0.25, 0.3) is 0 Å². The van der Waals surface area contributed by atoms with Gasteiger partial charge in [-0.25, -0.2) is 4.98 Å². The van der Waals surface area contributed by atoms with Crippen LogP contribution in [-0.4, -0.2) is 4.98 Å². The highest BCUT2D eigenvalue weighted by Crippen LogP contribution is 2.28. The second kappa shape index (κ2) is 2.94. The zero-order valence-electron chi connectivity index (χ0n) is 7.56. The van der Waals surface area contributed by atoms with E-state index in [2.05, 4.69) is 25.8 Å². The predicted molar refractivity (Wildman–Crippen MR) is 52.4 cm³/mol. The minimum Gasteiger partial charge on any atom is -0.397 e. The molecule has 0 aromatic carbocycles. The van der Waals surface area contributed by atoms with Crippen LogP contribution in [0.4, 0.5) is 5.69 Å². The second-order valence-corrected chi connectivity index (χ2v) is 4.23. The van der Waals surface area contributed by atoms with Gasteiger partial charge in [-0.05, 0) is 17.0 Å². The summed E-state index contributed by atoms with van der Waals surface area (Å²) in [4.78, 5) is 3.89. The van der Waals surface area contributed by atoms with Crippen LogP contribution in [0.15, 0.2) is 12.3 Å². The van der Waals surface area contributed by atoms with Gasteiger partial charge in [0, 0.05) is 0 Å². The van der Waals surface area contributed by atoms with Gasteiger partial charge in [0.15, 0.2) is 0 Å². The van der Waals surface area contributed by atoms with Crippen molar-refractivity contribution in [2.24, 2.45) is 0 Å². The van der Waals surface area contributed by atoms with Crippen molar-refractivity contribution < 1.29 is 0 Å². The first-order valence-corrected chi connectivity index (χ1v) is 4.20. The van der Waals surface area contributed by atoms with E-state index in [9.17, 15) is 0 Å². The lowest BCUT2D eigenvalue weighted by Crippen LogP contribution is -2.14. The number of aromatic nitrogens is 1. The van der Waals surface area contributed by atoms with Crippen molar-refractivity contribution in [1.29, 1.82) is 0 Å². The third-order valence-electron chi connectivity index (χ3n) is 1.71. The SMILES string of the molecule is CC(C)(C)c1cc(Cl)ncc1N. The zero-order valence-corrected chi connectivity index (χ0v) is 8.31. The Hall–Kier alpha value is -0.760. The lowest BCUT2D eigenvalue weighted by molar-refractivity contribution is 0.592. The number of hydrogen-bond acceptors (Lipinski definition) is 2. The summed E-state index contributed by atoms with van der Waals surface area (Å²) in [5, 5.41) is 0.495. The number of nitrogen functional groups attached to an aromatic ring is 1. The van der Waals surface area contributed by atoms with E-state index in [-0.39, 0.29) is 5.41 Å². The van der Waals surface area contributed by atoms with Gasteiger partial charge < -0.3 is 5.73 Å². The normalized spacial score (nSPS) is 11.7. The largest absolute Gasteiger partial charge is 0.397 e. The first kappa shape index (κ1) is 9.33. The number of nitrogens with zero attached hydrogens (tertiary/aromatic N) is 1. The summed E-state index contributed by atoms with van der Waals surface area (Å²) in [7, 11) is 0. The van der Waals surface area contributed by atoms with Crippen molar-refractivity contribution in [2.75, 3.05) is 5.73 Å². The molecule has 0 radical (unpaired) electrons. The maximum Gasteiger partial charge on any atom is 0.129 e. The van der Waals surface area contributed by atoms with E-state index in [1.807, 2.05) is 6.07 Å². The van der Waals surface area contributed by atoms with Gasteiger partial charge in [-0.2, -0.15) is 0 Å². The molecular formula is C9H13ClN2. The molecule has 1 rings (SSSR count). The minimum atomic E-state index is 0.0245. The molecule has 0 saturated carbocycles. The van der Waals surface area contributed by atoms with Crippen LogP contribution < -0.4 is 5.73 Å². The molecular weight excluding hydrogens is 172 g/mol. The molecule has 12 heavy (non-hydrogen) atoms. The Morgan fingerprint density at radius 3 is 2.42 bits per heavy atom. The van der Waals surface area contributed by atoms with Crippen molar-refractivity contribution in [3.63, 3.8) is 0 Å². The molecule has 0 fully saturated rings. The summed E-state index contributed by atoms with van der Waals surface area (Å²) >= 11 is 5.76. The van der Waals surface area contributed by atoms with Crippen LogP contribution in [0.5, 0.6) is 0 Å². The molecule has 1 aromatic rings. The van der Waals surface area contributed by atoms with Gasteiger partial charge >= 0.3 is 0 Å². The lowest BCUT2D eigenvalue weighted by atomic mass is 9.87. The van der Waals surface area contributed by atoms with Crippen LogP contribution in [0.1, 0.15) is 26.3 Å². The Balaban J connectivity index is 3.23. The summed E-state index contributed by atoms with van der Waals surface area (Å²) in [6.45, 7) is 6.28. The van der Waals surface area contributed by atoms with E-state index in [1.165, 1.54) is 0 Å². The molecule has 0 bridgehead atoms. The quantitative estimate of drug-likeness (QED) is 0.630. The molecule has 0 amide bonds. The van der Waals surface area contributed by atoms with Gasteiger partial charge in [0.05, 0.1) is 11.9 Å². The van der Waals surface area contributed by atoms with Gasteiger partial charge in [0.2, 0.25) is 0 Å². The highest BCUT2D eigenvalue weighted by molar-refractivity contribution is 6.29. The van der Waals surface area contributed by atoms with Gasteiger partial charge in [0.1, 0.15) is 5.15 Å². The molecule has 2 nitrogen and oxygen atoms in total. The standard InChI is InChI=1S/C9H13ClN2/c1-9(2,3)6-4-8(10)12-5-7(6)11/h4-5H,11H2,1-3H3. The van der Waals surface area contributed by atoms with Crippen LogP contribution in [0.3, 0.4) is 0 Å². The average Bonchev–Trinajstić information content (AvgIpc) is 1.92. The number of anilines is 1. The van der Waals surface area contributed by atoms with E-state index < -0.39 is 0 Å². The second-order valence-electron chi connectivity index (χ2n) is 3.84. The van der Waals surface area contributed by atoms with Crippen LogP contribution in [0.2, 0.25) is 5.15 Å². The number of halogens is 1. The van der Waals surface area contributed by atoms with E-state index in [0.29, 0.717) is 10.8 Å². The number of pyridine rings is 1. The van der Waals surface area contributed by atoms with Gasteiger partial charge in [-0.3, -0.25) is 0 Å². The molecule has 0 atom stereocenters. The molecule has 0 spiro atoms. The third kappa shape index (κ3) is 1.89. The predicted octanol–water partition coefficient (Wildman–Crippen LogP) is 2.61. The van der Waals surface area contributed by atoms with Crippen molar-refractivity contribution >= 4 is 17.3 Å². The van der Waals surface area contributed by atoms with E-state index in [1.54, 1.807) is 6.20 Å². The smallest absolute Gasteiger partial charge is 0.129 e. The van der Waals surface area contributed by atoms with Crippen LogP contribution >= 0.6 is 11.6 Å². The monoisotopic (exact) mass is 184 g/mol. The van der Waals surface area contributed by atoms with Crippen LogP contribution in [0, 0.1) is 0 Å². The fourth-order valence-corrected chi connectivity index (χ4v) is 1.25. The Kier molecular flexibility index (Phi) is 2.29. The van der Waals surface area contributed by atoms with Gasteiger partial charge in [-0.15, -0.1) is 0 Å². The van der Waals surface area contributed by atoms with Gasteiger partial charge in [-0.1, -0.05) is 32.4 Å².